The van der Waals surface area contributed by atoms with E-state index in [0.717, 1.165) is 15.6 Å². The molecule has 1 N–H and O–H groups in total. The van der Waals surface area contributed by atoms with Crippen molar-refractivity contribution in [1.82, 2.24) is 14.9 Å². The number of fused-ring (bicyclic) bond motifs is 1. The van der Waals surface area contributed by atoms with Gasteiger partial charge in [0.25, 0.3) is 0 Å². The lowest BCUT2D eigenvalue weighted by atomic mass is 9.97. The molecule has 32 heavy (non-hydrogen) atoms. The Bertz CT molecular complexity index is 1260. The number of ketones is 1. The number of carbonyl (C=O) groups excluding carboxylic acids is 1. The summed E-state index contributed by atoms with van der Waals surface area (Å²) in [6.45, 7) is 0. The maximum Gasteiger partial charge on any atom is 0.211 e. The summed E-state index contributed by atoms with van der Waals surface area (Å²) in [7, 11) is 1.63. The summed E-state index contributed by atoms with van der Waals surface area (Å²) in [5.41, 5.74) is 6.01. The topological polar surface area (TPSA) is 69.0 Å². The fourth-order valence-electron chi connectivity index (χ4n) is 3.75. The summed E-state index contributed by atoms with van der Waals surface area (Å²) in [5.74, 6) is 1.39. The van der Waals surface area contributed by atoms with Gasteiger partial charge in [0.15, 0.2) is 11.6 Å². The van der Waals surface area contributed by atoms with Crippen molar-refractivity contribution in [2.45, 2.75) is 16.4 Å². The third kappa shape index (κ3) is 3.80. The van der Waals surface area contributed by atoms with Crippen LogP contribution < -0.4 is 10.2 Å². The summed E-state index contributed by atoms with van der Waals surface area (Å²) < 4.78 is 8.36. The minimum absolute atomic E-state index is 0.0455. The van der Waals surface area contributed by atoms with Crippen molar-refractivity contribution >= 4 is 33.5 Å². The Balaban J connectivity index is 1.59. The van der Waals surface area contributed by atoms with E-state index < -0.39 is 5.25 Å². The van der Waals surface area contributed by atoms with Gasteiger partial charge in [0, 0.05) is 10.0 Å². The number of Topliss-reactive ketones (excluding diaryl/α,β-unsaturated/α-hetero) is 1. The summed E-state index contributed by atoms with van der Waals surface area (Å²) in [6, 6.07) is 24.8. The molecule has 0 radical (unpaired) electrons. The largest absolute Gasteiger partial charge is 0.496 e. The first kappa shape index (κ1) is 20.8. The smallest absolute Gasteiger partial charge is 0.211 e. The molecule has 0 spiro atoms. The molecule has 0 aliphatic carbocycles. The van der Waals surface area contributed by atoms with E-state index in [9.17, 15) is 4.79 Å². The number of methoxy groups -OCH3 is 1. The molecule has 0 amide bonds. The number of hydrogen-bond acceptors (Lipinski definition) is 6. The van der Waals surface area contributed by atoms with Gasteiger partial charge < -0.3 is 10.2 Å². The van der Waals surface area contributed by atoms with Gasteiger partial charge in [-0.3, -0.25) is 4.79 Å². The molecular weight excluding hydrogens is 488 g/mol. The molecule has 1 aromatic heterocycles. The number of para-hydroxylation sites is 1. The number of benzene rings is 3. The maximum absolute atomic E-state index is 13.5. The van der Waals surface area contributed by atoms with E-state index in [1.165, 1.54) is 11.8 Å². The molecule has 2 atom stereocenters. The summed E-state index contributed by atoms with van der Waals surface area (Å²) in [4.78, 5) is 13.5. The summed E-state index contributed by atoms with van der Waals surface area (Å²) >= 11 is 4.92. The first-order valence-electron chi connectivity index (χ1n) is 10.0. The molecule has 0 unspecified atom stereocenters. The van der Waals surface area contributed by atoms with Gasteiger partial charge in [-0.05, 0) is 29.8 Å². The zero-order valence-corrected chi connectivity index (χ0v) is 19.5. The number of nitrogens with one attached hydrogen (secondary N) is 1. The zero-order valence-electron chi connectivity index (χ0n) is 17.1. The lowest BCUT2D eigenvalue weighted by molar-refractivity contribution is 0.0980. The van der Waals surface area contributed by atoms with Gasteiger partial charge in [-0.1, -0.05) is 82.3 Å². The Kier molecular flexibility index (Phi) is 5.71. The van der Waals surface area contributed by atoms with E-state index in [1.807, 2.05) is 83.5 Å². The second kappa shape index (κ2) is 8.80. The first-order chi connectivity index (χ1) is 15.7. The monoisotopic (exact) mass is 506 g/mol. The van der Waals surface area contributed by atoms with Crippen LogP contribution in [-0.4, -0.2) is 33.0 Å². The molecule has 0 fully saturated rings. The molecule has 1 aliphatic heterocycles. The highest BCUT2D eigenvalue weighted by Crippen LogP contribution is 2.41. The van der Waals surface area contributed by atoms with Crippen molar-refractivity contribution < 1.29 is 9.53 Å². The molecule has 3 aromatic carbocycles. The summed E-state index contributed by atoms with van der Waals surface area (Å²) in [6.07, 6.45) is 0. The Labute approximate surface area is 198 Å². The normalized spacial score (nSPS) is 17.3. The van der Waals surface area contributed by atoms with E-state index in [-0.39, 0.29) is 11.8 Å². The summed E-state index contributed by atoms with van der Waals surface area (Å²) in [5, 5.41) is 9.02. The van der Waals surface area contributed by atoms with Gasteiger partial charge in [0.2, 0.25) is 5.16 Å². The van der Waals surface area contributed by atoms with Crippen LogP contribution in [0.3, 0.4) is 0 Å². The molecule has 0 bridgehead atoms. The number of thioether (sulfide) groups is 1. The fourth-order valence-corrected chi connectivity index (χ4v) is 5.17. The first-order valence-corrected chi connectivity index (χ1v) is 11.7. The number of nitrogens with zero attached hydrogens (tertiary/aromatic N) is 3. The number of carbonyl (C=O) groups is 1. The lowest BCUT2D eigenvalue weighted by Crippen LogP contribution is -2.39. The van der Waals surface area contributed by atoms with Crippen molar-refractivity contribution in [3.8, 4) is 17.1 Å². The standard InChI is InChI=1S/C24H19BrN4O2S/c1-31-19-10-6-5-9-18(19)23-26-27-24-29(23)28-20(15-11-13-17(25)14-12-15)22(32-24)21(30)16-7-3-2-4-8-16/h2-14,20,22,28H,1H3/t20-,22-/m1/s1. The third-order valence-electron chi connectivity index (χ3n) is 5.33. The molecule has 8 heteroatoms. The Morgan fingerprint density at radius 1 is 1.00 bits per heavy atom. The molecule has 6 nitrogen and oxygen atoms in total. The SMILES string of the molecule is COc1ccccc1-c1nnc2n1N[C@H](c1ccc(Br)cc1)[C@H](C(=O)c1ccccc1)S2. The molecule has 1 aliphatic rings. The average Bonchev–Trinajstić information content (AvgIpc) is 3.26. The van der Waals surface area contributed by atoms with Crippen molar-refractivity contribution in [2.24, 2.45) is 0 Å². The highest BCUT2D eigenvalue weighted by atomic mass is 79.9. The van der Waals surface area contributed by atoms with Gasteiger partial charge in [0.1, 0.15) is 11.0 Å². The van der Waals surface area contributed by atoms with Crippen LogP contribution in [-0.2, 0) is 0 Å². The van der Waals surface area contributed by atoms with Crippen molar-refractivity contribution in [1.29, 1.82) is 0 Å². The number of ether oxygens (including phenoxy) is 1. The average molecular weight is 507 g/mol. The number of halogens is 1. The predicted molar refractivity (Wildman–Crippen MR) is 129 cm³/mol. The van der Waals surface area contributed by atoms with Crippen LogP contribution in [0.5, 0.6) is 5.75 Å². The van der Waals surface area contributed by atoms with Gasteiger partial charge >= 0.3 is 0 Å². The molecule has 0 saturated heterocycles. The van der Waals surface area contributed by atoms with Gasteiger partial charge in [-0.2, -0.15) is 0 Å². The van der Waals surface area contributed by atoms with Crippen LogP contribution in [0, 0.1) is 0 Å². The second-order valence-electron chi connectivity index (χ2n) is 7.27. The Morgan fingerprint density at radius 3 is 2.47 bits per heavy atom. The maximum atomic E-state index is 13.5. The van der Waals surface area contributed by atoms with Crippen molar-refractivity contribution in [3.63, 3.8) is 0 Å². The van der Waals surface area contributed by atoms with Crippen molar-refractivity contribution in [3.05, 3.63) is 94.5 Å². The highest BCUT2D eigenvalue weighted by molar-refractivity contribution is 9.10. The third-order valence-corrected chi connectivity index (χ3v) is 7.07. The zero-order chi connectivity index (χ0) is 22.1. The van der Waals surface area contributed by atoms with Crippen LogP contribution >= 0.6 is 27.7 Å². The molecular formula is C24H19BrN4O2S. The van der Waals surface area contributed by atoms with E-state index in [2.05, 4.69) is 31.6 Å². The fraction of sp³-hybridized carbons (Fsp3) is 0.125. The molecule has 4 aromatic rings. The minimum atomic E-state index is -0.402. The van der Waals surface area contributed by atoms with Crippen LogP contribution in [0.25, 0.3) is 11.4 Å². The second-order valence-corrected chi connectivity index (χ2v) is 9.29. The molecule has 2 heterocycles. The van der Waals surface area contributed by atoms with E-state index in [0.29, 0.717) is 22.3 Å². The Hall–Kier alpha value is -3.10. The van der Waals surface area contributed by atoms with Crippen LogP contribution in [0.4, 0.5) is 0 Å². The number of rotatable bonds is 5. The molecule has 160 valence electrons. The minimum Gasteiger partial charge on any atom is -0.496 e. The lowest BCUT2D eigenvalue weighted by Gasteiger charge is -2.33. The Morgan fingerprint density at radius 2 is 1.72 bits per heavy atom. The number of aromatic nitrogens is 3. The molecule has 5 rings (SSSR count). The quantitative estimate of drug-likeness (QED) is 0.367. The van der Waals surface area contributed by atoms with Gasteiger partial charge in [-0.15, -0.1) is 10.2 Å². The van der Waals surface area contributed by atoms with E-state index >= 15 is 0 Å². The van der Waals surface area contributed by atoms with Gasteiger partial charge in [0.05, 0.1) is 18.7 Å². The number of hydrogen-bond donors (Lipinski definition) is 1. The predicted octanol–water partition coefficient (Wildman–Crippen LogP) is 5.36. The van der Waals surface area contributed by atoms with E-state index in [1.54, 1.807) is 7.11 Å². The van der Waals surface area contributed by atoms with Crippen LogP contribution in [0.2, 0.25) is 0 Å². The van der Waals surface area contributed by atoms with Crippen LogP contribution in [0.1, 0.15) is 22.0 Å². The van der Waals surface area contributed by atoms with E-state index in [4.69, 9.17) is 4.74 Å². The van der Waals surface area contributed by atoms with Crippen LogP contribution in [0.15, 0.2) is 88.5 Å². The van der Waals surface area contributed by atoms with Crippen molar-refractivity contribution in [2.75, 3.05) is 12.5 Å². The molecule has 0 saturated carbocycles. The van der Waals surface area contributed by atoms with Gasteiger partial charge in [-0.25, -0.2) is 4.68 Å². The highest BCUT2D eigenvalue weighted by Gasteiger charge is 2.38.